The van der Waals surface area contributed by atoms with Gasteiger partial charge >= 0.3 is 17.3 Å². The highest BCUT2D eigenvalue weighted by Crippen LogP contribution is 2.22. The number of rotatable bonds is 5. The number of esters is 1. The summed E-state index contributed by atoms with van der Waals surface area (Å²) in [7, 11) is 2.64. The van der Waals surface area contributed by atoms with Crippen LogP contribution in [0.3, 0.4) is 0 Å². The van der Waals surface area contributed by atoms with Crippen molar-refractivity contribution in [3.63, 3.8) is 0 Å². The number of amides is 1. The molecule has 0 saturated carbocycles. The molecule has 0 atom stereocenters. The molecule has 12 heteroatoms. The molecule has 1 aromatic heterocycles. The fraction of sp³-hybridized carbons (Fsp3) is 0.353. The molecule has 1 heterocycles. The van der Waals surface area contributed by atoms with Gasteiger partial charge in [0, 0.05) is 14.1 Å². The lowest BCUT2D eigenvalue weighted by atomic mass is 10.1. The molecule has 1 amide bonds. The quantitative estimate of drug-likeness (QED) is 0.546. The van der Waals surface area contributed by atoms with E-state index in [0.717, 1.165) is 21.3 Å². The van der Waals surface area contributed by atoms with Gasteiger partial charge in [0.2, 0.25) is 0 Å². The first kappa shape index (κ1) is 22.5. The third-order valence-electron chi connectivity index (χ3n) is 3.81. The van der Waals surface area contributed by atoms with Gasteiger partial charge in [0.25, 0.3) is 5.91 Å². The number of benzene rings is 1. The van der Waals surface area contributed by atoms with Gasteiger partial charge in [0.05, 0.1) is 22.4 Å². The first-order valence-corrected chi connectivity index (χ1v) is 9.10. The van der Waals surface area contributed by atoms with Crippen molar-refractivity contribution < 1.29 is 18.7 Å². The number of nitrogens with one attached hydrogen (secondary N) is 1. The second-order valence-corrected chi connectivity index (χ2v) is 7.08. The van der Waals surface area contributed by atoms with Crippen molar-refractivity contribution in [3.05, 3.63) is 54.3 Å². The second-order valence-electron chi connectivity index (χ2n) is 6.31. The van der Waals surface area contributed by atoms with E-state index in [-0.39, 0.29) is 21.5 Å². The molecule has 0 spiro atoms. The van der Waals surface area contributed by atoms with Crippen LogP contribution in [0.2, 0.25) is 5.02 Å². The smallest absolute Gasteiger partial charge is 0.338 e. The third-order valence-corrected chi connectivity index (χ3v) is 4.67. The van der Waals surface area contributed by atoms with Crippen LogP contribution in [0.5, 0.6) is 0 Å². The lowest BCUT2D eigenvalue weighted by Gasteiger charge is -2.13. The molecular weight excluding hydrogens is 427 g/mol. The summed E-state index contributed by atoms with van der Waals surface area (Å²) in [5.41, 5.74) is -2.52. The Morgan fingerprint density at radius 1 is 1.21 bits per heavy atom. The summed E-state index contributed by atoms with van der Waals surface area (Å²) in [4.78, 5) is 48.9. The van der Waals surface area contributed by atoms with E-state index < -0.39 is 41.3 Å². The van der Waals surface area contributed by atoms with E-state index in [1.165, 1.54) is 14.1 Å². The van der Waals surface area contributed by atoms with Gasteiger partial charge in [0.1, 0.15) is 12.4 Å². The molecule has 1 N–H and O–H groups in total. The Morgan fingerprint density at radius 3 is 2.28 bits per heavy atom. The van der Waals surface area contributed by atoms with Crippen molar-refractivity contribution in [2.24, 2.45) is 14.1 Å². The molecule has 0 aliphatic carbocycles. The highest BCUT2D eigenvalue weighted by atomic mass is 35.5. The number of aromatic nitrogens is 3. The lowest BCUT2D eigenvalue weighted by Crippen LogP contribution is -2.44. The molecule has 2 rings (SSSR count). The number of carbonyl (C=O) groups is 2. The van der Waals surface area contributed by atoms with E-state index in [9.17, 15) is 23.6 Å². The molecule has 0 aliphatic heterocycles. The van der Waals surface area contributed by atoms with Gasteiger partial charge in [-0.05, 0) is 38.2 Å². The van der Waals surface area contributed by atoms with Gasteiger partial charge < -0.3 is 10.1 Å². The number of hydrogen-bond acceptors (Lipinski definition) is 6. The highest BCUT2D eigenvalue weighted by Gasteiger charge is 2.20. The summed E-state index contributed by atoms with van der Waals surface area (Å²) in [6, 6.07) is 1.75. The normalized spacial score (nSPS) is 10.9. The molecular formula is C17H18ClFN4O5S. The number of hydrogen-bond donors (Lipinski definition) is 1. The van der Waals surface area contributed by atoms with Crippen molar-refractivity contribution in [2.45, 2.75) is 20.0 Å². The number of halogens is 2. The number of ether oxygens (including phenoxy) is 1. The van der Waals surface area contributed by atoms with Crippen LogP contribution in [-0.4, -0.2) is 38.2 Å². The predicted molar refractivity (Wildman–Crippen MR) is 106 cm³/mol. The molecule has 0 saturated heterocycles. The molecule has 0 bridgehead atoms. The maximum atomic E-state index is 14.5. The van der Waals surface area contributed by atoms with Crippen molar-refractivity contribution in [1.82, 2.24) is 19.0 Å². The molecule has 1 aromatic carbocycles. The Hall–Kier alpha value is -2.79. The Kier molecular flexibility index (Phi) is 6.75. The minimum absolute atomic E-state index is 0.0627. The zero-order chi connectivity index (χ0) is 22.0. The average Bonchev–Trinajstić information content (AvgIpc) is 2.64. The van der Waals surface area contributed by atoms with Gasteiger partial charge in [-0.15, -0.1) is 0 Å². The molecule has 9 nitrogen and oxygen atoms in total. The van der Waals surface area contributed by atoms with Crippen molar-refractivity contribution in [1.29, 1.82) is 0 Å². The Morgan fingerprint density at radius 2 is 1.76 bits per heavy atom. The van der Waals surface area contributed by atoms with Gasteiger partial charge in [-0.2, -0.15) is 0 Å². The van der Waals surface area contributed by atoms with E-state index in [2.05, 4.69) is 5.32 Å². The standard InChI is InChI=1S/C17H18ClFN4O5S/c1-8(2)28-13(24)7-20-14(25)9-5-12(11(19)6-10(9)18)23-15(26)21(3)17(29)22(4)16(23)27/h5-6,8H,7H2,1-4H3,(H,20,25). The minimum Gasteiger partial charge on any atom is -0.462 e. The summed E-state index contributed by atoms with van der Waals surface area (Å²) in [5, 5.41) is 2.02. The Labute approximate surface area is 174 Å². The second kappa shape index (κ2) is 8.70. The molecule has 0 radical (unpaired) electrons. The average molecular weight is 445 g/mol. The van der Waals surface area contributed by atoms with E-state index in [1.807, 2.05) is 0 Å². The number of nitrogens with zero attached hydrogens (tertiary/aromatic N) is 3. The summed E-state index contributed by atoms with van der Waals surface area (Å²) in [5.74, 6) is -2.49. The van der Waals surface area contributed by atoms with Crippen molar-refractivity contribution in [2.75, 3.05) is 6.54 Å². The summed E-state index contributed by atoms with van der Waals surface area (Å²) < 4.78 is 21.9. The predicted octanol–water partition coefficient (Wildman–Crippen LogP) is 1.08. The van der Waals surface area contributed by atoms with E-state index in [4.69, 9.17) is 28.6 Å². The Balaban J connectivity index is 2.53. The molecule has 0 aliphatic rings. The van der Waals surface area contributed by atoms with Crippen LogP contribution in [0.25, 0.3) is 5.69 Å². The van der Waals surface area contributed by atoms with Crippen LogP contribution in [0, 0.1) is 10.6 Å². The fourth-order valence-corrected chi connectivity index (χ4v) is 2.80. The van der Waals surface area contributed by atoms with Crippen LogP contribution < -0.4 is 16.7 Å². The van der Waals surface area contributed by atoms with E-state index in [0.29, 0.717) is 4.57 Å². The first-order valence-electron chi connectivity index (χ1n) is 8.31. The van der Waals surface area contributed by atoms with Gasteiger partial charge in [0.15, 0.2) is 4.77 Å². The van der Waals surface area contributed by atoms with Crippen LogP contribution >= 0.6 is 23.8 Å². The first-order chi connectivity index (χ1) is 13.5. The monoisotopic (exact) mass is 444 g/mol. The van der Waals surface area contributed by atoms with Crippen molar-refractivity contribution >= 4 is 35.7 Å². The maximum absolute atomic E-state index is 14.5. The molecule has 156 valence electrons. The minimum atomic E-state index is -0.998. The summed E-state index contributed by atoms with van der Waals surface area (Å²) in [6.45, 7) is 2.85. The number of carbonyl (C=O) groups excluding carboxylic acids is 2. The van der Waals surface area contributed by atoms with Crippen LogP contribution in [0.15, 0.2) is 21.7 Å². The van der Waals surface area contributed by atoms with E-state index >= 15 is 0 Å². The topological polar surface area (TPSA) is 104 Å². The van der Waals surface area contributed by atoms with E-state index in [1.54, 1.807) is 13.8 Å². The third kappa shape index (κ3) is 4.62. The summed E-state index contributed by atoms with van der Waals surface area (Å²) in [6.07, 6.45) is -0.364. The van der Waals surface area contributed by atoms with Crippen LogP contribution in [0.4, 0.5) is 4.39 Å². The zero-order valence-corrected chi connectivity index (χ0v) is 17.6. The molecule has 0 unspecified atom stereocenters. The van der Waals surface area contributed by atoms with Gasteiger partial charge in [-0.25, -0.2) is 18.5 Å². The van der Waals surface area contributed by atoms with Crippen LogP contribution in [0.1, 0.15) is 24.2 Å². The Bertz CT molecular complexity index is 1130. The SMILES string of the molecule is CC(C)OC(=O)CNC(=O)c1cc(-n2c(=O)n(C)c(=S)n(C)c2=O)c(F)cc1Cl. The fourth-order valence-electron chi connectivity index (χ4n) is 2.41. The zero-order valence-electron chi connectivity index (χ0n) is 16.0. The highest BCUT2D eigenvalue weighted by molar-refractivity contribution is 7.71. The van der Waals surface area contributed by atoms with Crippen molar-refractivity contribution in [3.8, 4) is 5.69 Å². The summed E-state index contributed by atoms with van der Waals surface area (Å²) >= 11 is 10.9. The molecule has 29 heavy (non-hydrogen) atoms. The molecule has 2 aromatic rings. The largest absolute Gasteiger partial charge is 0.462 e. The van der Waals surface area contributed by atoms with Crippen LogP contribution in [-0.2, 0) is 23.6 Å². The van der Waals surface area contributed by atoms with Gasteiger partial charge in [-0.1, -0.05) is 11.6 Å². The molecule has 0 fully saturated rings. The maximum Gasteiger partial charge on any atom is 0.338 e. The van der Waals surface area contributed by atoms with Gasteiger partial charge in [-0.3, -0.25) is 18.7 Å². The lowest BCUT2D eigenvalue weighted by molar-refractivity contribution is -0.146.